The van der Waals surface area contributed by atoms with Gasteiger partial charge in [-0.2, -0.15) is 0 Å². The summed E-state index contributed by atoms with van der Waals surface area (Å²) >= 11 is 5.62. The molecule has 0 bridgehead atoms. The fraction of sp³-hybridized carbons (Fsp3) is 0.130. The van der Waals surface area contributed by atoms with Gasteiger partial charge in [-0.25, -0.2) is 4.39 Å². The van der Waals surface area contributed by atoms with Crippen LogP contribution in [-0.4, -0.2) is 24.2 Å². The van der Waals surface area contributed by atoms with E-state index in [2.05, 4.69) is 0 Å². The Morgan fingerprint density at radius 3 is 1.90 bits per heavy atom. The summed E-state index contributed by atoms with van der Waals surface area (Å²) in [6.45, 7) is 1.82. The molecule has 0 N–H and O–H groups in total. The highest BCUT2D eigenvalue weighted by molar-refractivity contribution is 7.81. The molecule has 1 unspecified atom stereocenters. The Balaban J connectivity index is 1.54. The van der Waals surface area contributed by atoms with Crippen molar-refractivity contribution in [1.29, 1.82) is 0 Å². The number of hydrogen-bond donors (Lipinski definition) is 0. The number of carbonyl (C=O) groups is 1. The molecule has 0 spiro atoms. The first-order chi connectivity index (χ1) is 14.5. The molecule has 152 valence electrons. The number of benzene rings is 3. The van der Waals surface area contributed by atoms with E-state index in [9.17, 15) is 9.18 Å². The van der Waals surface area contributed by atoms with Crippen molar-refractivity contribution >= 4 is 34.6 Å². The first-order valence-electron chi connectivity index (χ1n) is 9.32. The fourth-order valence-corrected chi connectivity index (χ4v) is 3.74. The lowest BCUT2D eigenvalue weighted by Gasteiger charge is -2.22. The van der Waals surface area contributed by atoms with Crippen molar-refractivity contribution in [1.82, 2.24) is 0 Å². The standard InChI is InChI=1S/C23H19FN2O3S/c1-15-22(27)26(18-5-11-19(28-2)12-6-18)23(30)25(15)17-7-13-21(14-8-17)29-20-9-3-16(24)4-10-20/h3-15H,1-2H3. The van der Waals surface area contributed by atoms with Gasteiger partial charge in [-0.3, -0.25) is 9.69 Å². The van der Waals surface area contributed by atoms with Crippen LogP contribution in [0, 0.1) is 5.82 Å². The van der Waals surface area contributed by atoms with Crippen molar-refractivity contribution in [2.24, 2.45) is 0 Å². The number of thiocarbonyl (C=S) groups is 1. The molecule has 3 aromatic carbocycles. The molecule has 1 fully saturated rings. The maximum atomic E-state index is 13.0. The Labute approximate surface area is 179 Å². The minimum absolute atomic E-state index is 0.100. The number of rotatable bonds is 5. The van der Waals surface area contributed by atoms with E-state index in [4.69, 9.17) is 21.7 Å². The lowest BCUT2D eigenvalue weighted by atomic mass is 10.2. The van der Waals surface area contributed by atoms with Crippen LogP contribution < -0.4 is 19.3 Å². The van der Waals surface area contributed by atoms with Crippen LogP contribution in [0.15, 0.2) is 72.8 Å². The van der Waals surface area contributed by atoms with E-state index in [0.29, 0.717) is 28.0 Å². The van der Waals surface area contributed by atoms with Crippen LogP contribution >= 0.6 is 12.2 Å². The molecule has 1 atom stereocenters. The summed E-state index contributed by atoms with van der Waals surface area (Å²) in [6, 6.07) is 19.8. The summed E-state index contributed by atoms with van der Waals surface area (Å²) in [5.74, 6) is 1.42. The van der Waals surface area contributed by atoms with Crippen molar-refractivity contribution in [3.63, 3.8) is 0 Å². The van der Waals surface area contributed by atoms with Gasteiger partial charge >= 0.3 is 0 Å². The molecule has 0 aliphatic carbocycles. The molecule has 0 aromatic heterocycles. The summed E-state index contributed by atoms with van der Waals surface area (Å²) in [5, 5.41) is 0.407. The van der Waals surface area contributed by atoms with Crippen LogP contribution in [0.2, 0.25) is 0 Å². The molecule has 0 saturated carbocycles. The zero-order chi connectivity index (χ0) is 21.3. The predicted molar refractivity (Wildman–Crippen MR) is 118 cm³/mol. The normalized spacial score (nSPS) is 16.2. The maximum absolute atomic E-state index is 13.0. The van der Waals surface area contributed by atoms with Gasteiger partial charge in [0.15, 0.2) is 5.11 Å². The Morgan fingerprint density at radius 2 is 1.33 bits per heavy atom. The highest BCUT2D eigenvalue weighted by Gasteiger charge is 2.41. The molecular formula is C23H19FN2O3S. The van der Waals surface area contributed by atoms with Gasteiger partial charge in [0.05, 0.1) is 12.8 Å². The number of methoxy groups -OCH3 is 1. The molecule has 1 amide bonds. The molecule has 5 nitrogen and oxygen atoms in total. The molecule has 3 aromatic rings. The number of halogens is 1. The van der Waals surface area contributed by atoms with Gasteiger partial charge in [0.2, 0.25) is 0 Å². The van der Waals surface area contributed by atoms with Crippen LogP contribution in [0.3, 0.4) is 0 Å². The average molecular weight is 422 g/mol. The van der Waals surface area contributed by atoms with Crippen molar-refractivity contribution in [3.05, 3.63) is 78.6 Å². The Hall–Kier alpha value is -3.45. The zero-order valence-corrected chi connectivity index (χ0v) is 17.2. The highest BCUT2D eigenvalue weighted by atomic mass is 32.1. The molecule has 4 rings (SSSR count). The smallest absolute Gasteiger partial charge is 0.256 e. The van der Waals surface area contributed by atoms with Gasteiger partial charge in [-0.15, -0.1) is 0 Å². The van der Waals surface area contributed by atoms with Crippen molar-refractivity contribution < 1.29 is 18.7 Å². The number of amides is 1. The number of carbonyl (C=O) groups excluding carboxylic acids is 1. The monoisotopic (exact) mass is 422 g/mol. The van der Waals surface area contributed by atoms with E-state index in [-0.39, 0.29) is 11.7 Å². The van der Waals surface area contributed by atoms with E-state index < -0.39 is 6.04 Å². The number of hydrogen-bond acceptors (Lipinski definition) is 4. The topological polar surface area (TPSA) is 42.0 Å². The second-order valence-corrected chi connectivity index (χ2v) is 7.12. The first kappa shape index (κ1) is 19.8. The summed E-state index contributed by atoms with van der Waals surface area (Å²) in [4.78, 5) is 16.2. The molecular weight excluding hydrogens is 403 g/mol. The molecule has 30 heavy (non-hydrogen) atoms. The number of nitrogens with zero attached hydrogens (tertiary/aromatic N) is 2. The summed E-state index contributed by atoms with van der Waals surface area (Å²) in [7, 11) is 1.59. The van der Waals surface area contributed by atoms with E-state index in [1.54, 1.807) is 55.6 Å². The Bertz CT molecular complexity index is 1070. The lowest BCUT2D eigenvalue weighted by Crippen LogP contribution is -2.33. The summed E-state index contributed by atoms with van der Waals surface area (Å²) in [5.41, 5.74) is 1.47. The largest absolute Gasteiger partial charge is 0.497 e. The average Bonchev–Trinajstić information content (AvgIpc) is 2.99. The Kier molecular flexibility index (Phi) is 5.37. The third-order valence-electron chi connectivity index (χ3n) is 4.86. The second-order valence-electron chi connectivity index (χ2n) is 6.75. The summed E-state index contributed by atoms with van der Waals surface area (Å²) in [6.07, 6.45) is 0. The van der Waals surface area contributed by atoms with Crippen molar-refractivity contribution in [2.75, 3.05) is 16.9 Å². The SMILES string of the molecule is COc1ccc(N2C(=O)C(C)N(c3ccc(Oc4ccc(F)cc4)cc3)C2=S)cc1. The van der Waals surface area contributed by atoms with Crippen molar-refractivity contribution in [3.8, 4) is 17.2 Å². The van der Waals surface area contributed by atoms with Crippen LogP contribution in [0.25, 0.3) is 0 Å². The molecule has 1 aliphatic heterocycles. The number of ether oxygens (including phenoxy) is 2. The number of anilines is 2. The predicted octanol–water partition coefficient (Wildman–Crippen LogP) is 5.15. The van der Waals surface area contributed by atoms with Gasteiger partial charge in [-0.05, 0) is 91.9 Å². The van der Waals surface area contributed by atoms with Gasteiger partial charge in [0.25, 0.3) is 5.91 Å². The van der Waals surface area contributed by atoms with Crippen molar-refractivity contribution in [2.45, 2.75) is 13.0 Å². The molecule has 0 radical (unpaired) electrons. The third-order valence-corrected chi connectivity index (χ3v) is 5.24. The van der Waals surface area contributed by atoms with Gasteiger partial charge < -0.3 is 14.4 Å². The third kappa shape index (κ3) is 3.71. The van der Waals surface area contributed by atoms with E-state index in [0.717, 1.165) is 5.69 Å². The molecule has 1 heterocycles. The van der Waals surface area contributed by atoms with E-state index in [1.807, 2.05) is 24.0 Å². The summed E-state index contributed by atoms with van der Waals surface area (Å²) < 4.78 is 23.9. The first-order valence-corrected chi connectivity index (χ1v) is 9.73. The lowest BCUT2D eigenvalue weighted by molar-refractivity contribution is -0.117. The quantitative estimate of drug-likeness (QED) is 0.532. The van der Waals surface area contributed by atoms with Gasteiger partial charge in [-0.1, -0.05) is 0 Å². The fourth-order valence-electron chi connectivity index (χ4n) is 3.28. The Morgan fingerprint density at radius 1 is 0.833 bits per heavy atom. The van der Waals surface area contributed by atoms with Gasteiger partial charge in [0, 0.05) is 5.69 Å². The minimum Gasteiger partial charge on any atom is -0.497 e. The molecule has 7 heteroatoms. The van der Waals surface area contributed by atoms with E-state index in [1.165, 1.54) is 17.0 Å². The van der Waals surface area contributed by atoms with Gasteiger partial charge in [0.1, 0.15) is 29.1 Å². The van der Waals surface area contributed by atoms with Crippen LogP contribution in [0.5, 0.6) is 17.2 Å². The van der Waals surface area contributed by atoms with Crippen LogP contribution in [0.4, 0.5) is 15.8 Å². The van der Waals surface area contributed by atoms with Crippen LogP contribution in [0.1, 0.15) is 6.92 Å². The molecule has 1 saturated heterocycles. The second kappa shape index (κ2) is 8.12. The minimum atomic E-state index is -0.441. The van der Waals surface area contributed by atoms with Crippen LogP contribution in [-0.2, 0) is 4.79 Å². The molecule has 1 aliphatic rings. The maximum Gasteiger partial charge on any atom is 0.256 e. The highest BCUT2D eigenvalue weighted by Crippen LogP contribution is 2.32. The van der Waals surface area contributed by atoms with E-state index >= 15 is 0 Å². The zero-order valence-electron chi connectivity index (χ0n) is 16.4.